The summed E-state index contributed by atoms with van der Waals surface area (Å²) in [6.45, 7) is 0. The predicted molar refractivity (Wildman–Crippen MR) is 99.5 cm³/mol. The Kier molecular flexibility index (Phi) is 16.2. The third-order valence-corrected chi connectivity index (χ3v) is 1.78. The molecule has 0 unspecified atom stereocenters. The molecular formula is C16H20AuCl2N3O4-2. The van der Waals surface area contributed by atoms with Crippen LogP contribution in [0, 0.1) is 32.4 Å². The van der Waals surface area contributed by atoms with Gasteiger partial charge in [0, 0.05) is 9.85 Å². The number of quaternary nitrogens is 1. The van der Waals surface area contributed by atoms with Gasteiger partial charge in [-0.3, -0.25) is 20.2 Å². The van der Waals surface area contributed by atoms with Crippen molar-refractivity contribution in [2.45, 2.75) is 0 Å². The Morgan fingerprint density at radius 1 is 0.846 bits per heavy atom. The van der Waals surface area contributed by atoms with E-state index in [9.17, 15) is 20.2 Å². The molecule has 0 aliphatic rings. The van der Waals surface area contributed by atoms with Crippen molar-refractivity contribution in [1.82, 2.24) is 0 Å². The Hall–Kier alpha value is -1.48. The molecule has 7 nitrogen and oxygen atoms in total. The molecule has 0 spiro atoms. The van der Waals surface area contributed by atoms with Crippen molar-refractivity contribution in [2.75, 3.05) is 28.2 Å². The van der Waals surface area contributed by atoms with Crippen LogP contribution >= 0.6 is 18.4 Å². The Balaban J connectivity index is 0. The van der Waals surface area contributed by atoms with E-state index in [4.69, 9.17) is 18.4 Å². The van der Waals surface area contributed by atoms with Crippen LogP contribution in [0.25, 0.3) is 0 Å². The van der Waals surface area contributed by atoms with Crippen molar-refractivity contribution < 1.29 is 31.9 Å². The van der Waals surface area contributed by atoms with E-state index >= 15 is 0 Å². The predicted octanol–water partition coefficient (Wildman–Crippen LogP) is 4.49. The molecule has 150 valence electrons. The Morgan fingerprint density at radius 2 is 1.12 bits per heavy atom. The Bertz CT molecular complexity index is 571. The second kappa shape index (κ2) is 15.8. The summed E-state index contributed by atoms with van der Waals surface area (Å²) in [6.07, 6.45) is 0. The van der Waals surface area contributed by atoms with Gasteiger partial charge in [-0.15, -0.1) is 12.1 Å². The molecule has 0 radical (unpaired) electrons. The van der Waals surface area contributed by atoms with Crippen molar-refractivity contribution in [3.63, 3.8) is 0 Å². The molecule has 2 rings (SSSR count). The first kappa shape index (κ1) is 26.7. The monoisotopic (exact) mass is 585 g/mol. The third kappa shape index (κ3) is 20.6. The molecule has 0 heterocycles. The molecule has 0 saturated carbocycles. The number of nitro benzene ring substituents is 2. The van der Waals surface area contributed by atoms with Gasteiger partial charge in [-0.25, -0.2) is 0 Å². The first-order chi connectivity index (χ1) is 12.0. The van der Waals surface area contributed by atoms with Gasteiger partial charge in [-0.1, -0.05) is 12.1 Å². The van der Waals surface area contributed by atoms with Crippen molar-refractivity contribution in [1.29, 1.82) is 0 Å². The second-order valence-corrected chi connectivity index (χ2v) is 8.87. The van der Waals surface area contributed by atoms with Gasteiger partial charge in [0.2, 0.25) is 0 Å². The average molecular weight is 586 g/mol. The molecule has 0 saturated heterocycles. The van der Waals surface area contributed by atoms with E-state index in [1.807, 2.05) is 0 Å². The molecule has 2 aromatic carbocycles. The standard InChI is InChI=1S/2C6H4NO2.C4H12N.Au.2ClH/c2*8-7(9)6-4-2-1-3-5-6;1-5(2,3)4;;;/h2*1-4H;1-4H3;;2*1H/q2*-1;2*+1;;/p-2. The number of nitrogens with zero attached hydrogens (tertiary/aromatic N) is 3. The number of hydrogen-bond acceptors (Lipinski definition) is 4. The van der Waals surface area contributed by atoms with Crippen LogP contribution in [0.2, 0.25) is 0 Å². The first-order valence-electron chi connectivity index (χ1n) is 6.85. The van der Waals surface area contributed by atoms with Crippen LogP contribution in [0.4, 0.5) is 11.4 Å². The number of benzene rings is 2. The van der Waals surface area contributed by atoms with E-state index < -0.39 is 9.85 Å². The minimum absolute atomic E-state index is 0.0116. The summed E-state index contributed by atoms with van der Waals surface area (Å²) in [5.41, 5.74) is 0.0231. The molecule has 0 fully saturated rings. The minimum atomic E-state index is -0.472. The zero-order valence-corrected chi connectivity index (χ0v) is 18.3. The number of non-ortho nitro benzene ring substituents is 2. The molecule has 0 bridgehead atoms. The average Bonchev–Trinajstić information content (AvgIpc) is 2.56. The maximum absolute atomic E-state index is 9.98. The van der Waals surface area contributed by atoms with Crippen molar-refractivity contribution in [2.24, 2.45) is 0 Å². The van der Waals surface area contributed by atoms with Crippen LogP contribution in [0.3, 0.4) is 0 Å². The van der Waals surface area contributed by atoms with Crippen molar-refractivity contribution in [3.05, 3.63) is 80.9 Å². The van der Waals surface area contributed by atoms with Crippen LogP contribution in [0.5, 0.6) is 0 Å². The molecule has 0 aliphatic carbocycles. The molecule has 0 aromatic heterocycles. The van der Waals surface area contributed by atoms with E-state index in [1.165, 1.54) is 24.3 Å². The zero-order chi connectivity index (χ0) is 20.6. The number of rotatable bonds is 2. The van der Waals surface area contributed by atoms with E-state index in [0.29, 0.717) is 0 Å². The van der Waals surface area contributed by atoms with Gasteiger partial charge in [0.25, 0.3) is 0 Å². The summed E-state index contributed by atoms with van der Waals surface area (Å²) in [5, 5.41) is 20.0. The SMILES string of the molecule is C[N+](C)(C)C.O=[N+]([O-])c1[c-]cccc1.O=[N+]([O-])c1[c-]cccc1.[Cl][Au-][Cl]. The van der Waals surface area contributed by atoms with Crippen LogP contribution in [0.1, 0.15) is 0 Å². The molecule has 26 heavy (non-hydrogen) atoms. The number of para-hydroxylation sites is 2. The normalized spacial score (nSPS) is 9.31. The molecule has 2 aromatic rings. The van der Waals surface area contributed by atoms with E-state index in [2.05, 4.69) is 40.3 Å². The fourth-order valence-corrected chi connectivity index (χ4v) is 0.995. The summed E-state index contributed by atoms with van der Waals surface area (Å²) in [6, 6.07) is 17.4. The summed E-state index contributed by atoms with van der Waals surface area (Å²) in [7, 11) is 18.2. The molecule has 0 N–H and O–H groups in total. The molecule has 0 aliphatic heterocycles. The fraction of sp³-hybridized carbons (Fsp3) is 0.250. The molecule has 0 amide bonds. The first-order valence-corrected chi connectivity index (χ1v) is 12.2. The third-order valence-electron chi connectivity index (χ3n) is 1.78. The summed E-state index contributed by atoms with van der Waals surface area (Å²) in [5.74, 6) is 0. The van der Waals surface area contributed by atoms with Gasteiger partial charge in [0.05, 0.1) is 28.2 Å². The van der Waals surface area contributed by atoms with Gasteiger partial charge in [0.1, 0.15) is 0 Å². The Morgan fingerprint density at radius 3 is 1.23 bits per heavy atom. The van der Waals surface area contributed by atoms with Gasteiger partial charge in [0.15, 0.2) is 11.4 Å². The van der Waals surface area contributed by atoms with Gasteiger partial charge in [-0.2, -0.15) is 36.4 Å². The maximum atomic E-state index is 9.98. The number of nitro groups is 2. The summed E-state index contributed by atoms with van der Waals surface area (Å²) in [4.78, 5) is 19.0. The molecular weight excluding hydrogens is 566 g/mol. The zero-order valence-electron chi connectivity index (χ0n) is 14.7. The van der Waals surface area contributed by atoms with Gasteiger partial charge >= 0.3 is 36.0 Å². The fourth-order valence-electron chi connectivity index (χ4n) is 0.995. The van der Waals surface area contributed by atoms with Gasteiger partial charge < -0.3 is 4.48 Å². The van der Waals surface area contributed by atoms with Crippen molar-refractivity contribution >= 4 is 29.8 Å². The summed E-state index contributed by atoms with van der Waals surface area (Å²) < 4.78 is 1.00. The second-order valence-electron chi connectivity index (χ2n) is 5.74. The number of hydrogen-bond donors (Lipinski definition) is 0. The Labute approximate surface area is 170 Å². The quantitative estimate of drug-likeness (QED) is 0.171. The van der Waals surface area contributed by atoms with Crippen LogP contribution in [-0.4, -0.2) is 42.5 Å². The van der Waals surface area contributed by atoms with Crippen LogP contribution in [0.15, 0.2) is 48.5 Å². The van der Waals surface area contributed by atoms with E-state index in [0.717, 1.165) is 4.48 Å². The summed E-state index contributed by atoms with van der Waals surface area (Å²) >= 11 is -0.389. The van der Waals surface area contributed by atoms with Crippen LogP contribution in [-0.2, 0) is 17.6 Å². The van der Waals surface area contributed by atoms with E-state index in [1.54, 1.807) is 24.3 Å². The van der Waals surface area contributed by atoms with Crippen molar-refractivity contribution in [3.8, 4) is 0 Å². The van der Waals surface area contributed by atoms with E-state index in [-0.39, 0.29) is 29.0 Å². The topological polar surface area (TPSA) is 86.3 Å². The molecule has 0 atom stereocenters. The van der Waals surface area contributed by atoms with Gasteiger partial charge in [-0.05, 0) is 0 Å². The number of halogens is 2. The van der Waals surface area contributed by atoms with Crippen LogP contribution < -0.4 is 0 Å². The molecule has 10 heteroatoms.